The third-order valence-electron chi connectivity index (χ3n) is 4.55. The highest BCUT2D eigenvalue weighted by Crippen LogP contribution is 2.29. The van der Waals surface area contributed by atoms with E-state index in [2.05, 4.69) is 15.5 Å². The molecule has 3 aromatic rings. The van der Waals surface area contributed by atoms with Crippen LogP contribution >= 0.6 is 23.4 Å². The molecule has 0 radical (unpaired) electrons. The molecule has 2 aromatic carbocycles. The molecule has 1 heterocycles. The Morgan fingerprint density at radius 3 is 2.73 bits per heavy atom. The molecule has 0 atom stereocenters. The van der Waals surface area contributed by atoms with Gasteiger partial charge in [0.2, 0.25) is 5.91 Å². The predicted molar refractivity (Wildman–Crippen MR) is 125 cm³/mol. The van der Waals surface area contributed by atoms with Crippen molar-refractivity contribution in [3.8, 4) is 11.5 Å². The molecule has 33 heavy (non-hydrogen) atoms. The number of aryl methyl sites for hydroxylation is 1. The van der Waals surface area contributed by atoms with Crippen LogP contribution in [-0.2, 0) is 17.9 Å². The summed E-state index contributed by atoms with van der Waals surface area (Å²) in [5, 5.41) is 22.6. The standard InChI is InChI=1S/C21H22ClN5O5S/c1-4-26-19(11-32-17-8-5-13(2)9-18(17)31-3)24-25-21(26)33-12-20(28)23-16-10-14(27(29)30)6-7-15(16)22/h5-10H,4,11-12H2,1-3H3,(H,23,28). The monoisotopic (exact) mass is 491 g/mol. The second kappa shape index (κ2) is 11.0. The van der Waals surface area contributed by atoms with Gasteiger partial charge in [-0.3, -0.25) is 14.9 Å². The van der Waals surface area contributed by atoms with Gasteiger partial charge in [-0.25, -0.2) is 0 Å². The number of halogens is 1. The van der Waals surface area contributed by atoms with Crippen LogP contribution in [0.15, 0.2) is 41.6 Å². The van der Waals surface area contributed by atoms with Gasteiger partial charge in [-0.2, -0.15) is 0 Å². The van der Waals surface area contributed by atoms with Crippen molar-refractivity contribution >= 4 is 40.6 Å². The number of amides is 1. The topological polar surface area (TPSA) is 121 Å². The van der Waals surface area contributed by atoms with Crippen LogP contribution in [0.5, 0.6) is 11.5 Å². The van der Waals surface area contributed by atoms with Gasteiger partial charge in [0.15, 0.2) is 22.5 Å². The summed E-state index contributed by atoms with van der Waals surface area (Å²) in [5.41, 5.74) is 1.07. The first kappa shape index (κ1) is 24.3. The van der Waals surface area contributed by atoms with Gasteiger partial charge in [-0.1, -0.05) is 29.4 Å². The average molecular weight is 492 g/mol. The molecule has 0 aliphatic carbocycles. The van der Waals surface area contributed by atoms with Crippen LogP contribution in [0.4, 0.5) is 11.4 Å². The number of hydrogen-bond acceptors (Lipinski definition) is 8. The Balaban J connectivity index is 1.63. The van der Waals surface area contributed by atoms with Gasteiger partial charge < -0.3 is 19.4 Å². The molecule has 0 saturated heterocycles. The number of thioether (sulfide) groups is 1. The highest BCUT2D eigenvalue weighted by Gasteiger charge is 2.16. The number of hydrogen-bond donors (Lipinski definition) is 1. The molecule has 0 aliphatic rings. The molecular formula is C21H22ClN5O5S. The fourth-order valence-electron chi connectivity index (χ4n) is 2.93. The molecule has 1 aromatic heterocycles. The van der Waals surface area contributed by atoms with Crippen molar-refractivity contribution in [2.45, 2.75) is 32.2 Å². The molecule has 3 rings (SSSR count). The van der Waals surface area contributed by atoms with Crippen LogP contribution in [0.3, 0.4) is 0 Å². The summed E-state index contributed by atoms with van der Waals surface area (Å²) < 4.78 is 13.1. The average Bonchev–Trinajstić information content (AvgIpc) is 3.19. The Labute approximate surface area is 199 Å². The second-order valence-electron chi connectivity index (χ2n) is 6.84. The van der Waals surface area contributed by atoms with Crippen LogP contribution in [0.25, 0.3) is 0 Å². The normalized spacial score (nSPS) is 10.7. The van der Waals surface area contributed by atoms with Gasteiger partial charge in [0.25, 0.3) is 5.69 Å². The van der Waals surface area contributed by atoms with Crippen molar-refractivity contribution in [3.05, 3.63) is 62.9 Å². The number of methoxy groups -OCH3 is 1. The summed E-state index contributed by atoms with van der Waals surface area (Å²) in [6.07, 6.45) is 0. The second-order valence-corrected chi connectivity index (χ2v) is 8.19. The van der Waals surface area contributed by atoms with Crippen molar-refractivity contribution in [2.24, 2.45) is 0 Å². The Morgan fingerprint density at radius 2 is 2.03 bits per heavy atom. The van der Waals surface area contributed by atoms with Gasteiger partial charge in [-0.15, -0.1) is 10.2 Å². The van der Waals surface area contributed by atoms with Crippen molar-refractivity contribution < 1.29 is 19.2 Å². The number of nitro groups is 1. The van der Waals surface area contributed by atoms with E-state index in [4.69, 9.17) is 21.1 Å². The van der Waals surface area contributed by atoms with Crippen LogP contribution in [0, 0.1) is 17.0 Å². The van der Waals surface area contributed by atoms with Gasteiger partial charge in [0, 0.05) is 18.7 Å². The number of carbonyl (C=O) groups is 1. The first-order chi connectivity index (χ1) is 15.8. The molecule has 12 heteroatoms. The Morgan fingerprint density at radius 1 is 1.24 bits per heavy atom. The lowest BCUT2D eigenvalue weighted by Gasteiger charge is -2.12. The molecule has 1 N–H and O–H groups in total. The number of benzene rings is 2. The van der Waals surface area contributed by atoms with E-state index in [1.54, 1.807) is 7.11 Å². The highest BCUT2D eigenvalue weighted by atomic mass is 35.5. The third-order valence-corrected chi connectivity index (χ3v) is 5.85. The van der Waals surface area contributed by atoms with E-state index in [-0.39, 0.29) is 34.7 Å². The number of anilines is 1. The summed E-state index contributed by atoms with van der Waals surface area (Å²) >= 11 is 7.22. The fourth-order valence-corrected chi connectivity index (χ4v) is 3.91. The number of ether oxygens (including phenoxy) is 2. The highest BCUT2D eigenvalue weighted by molar-refractivity contribution is 7.99. The van der Waals surface area contributed by atoms with E-state index in [9.17, 15) is 14.9 Å². The maximum atomic E-state index is 12.4. The Kier molecular flexibility index (Phi) is 8.12. The third kappa shape index (κ3) is 6.14. The fraction of sp³-hybridized carbons (Fsp3) is 0.286. The van der Waals surface area contributed by atoms with Gasteiger partial charge in [0.1, 0.15) is 6.61 Å². The maximum absolute atomic E-state index is 12.4. The van der Waals surface area contributed by atoms with E-state index < -0.39 is 4.92 Å². The number of rotatable bonds is 10. The van der Waals surface area contributed by atoms with Crippen LogP contribution in [0.2, 0.25) is 5.02 Å². The molecule has 10 nitrogen and oxygen atoms in total. The van der Waals surface area contributed by atoms with E-state index in [1.165, 1.54) is 30.0 Å². The Bertz CT molecular complexity index is 1170. The molecular weight excluding hydrogens is 470 g/mol. The van der Waals surface area contributed by atoms with Crippen molar-refractivity contribution in [1.29, 1.82) is 0 Å². The molecule has 0 bridgehead atoms. The summed E-state index contributed by atoms with van der Waals surface area (Å²) in [5.74, 6) is 1.46. The summed E-state index contributed by atoms with van der Waals surface area (Å²) in [7, 11) is 1.58. The summed E-state index contributed by atoms with van der Waals surface area (Å²) in [6, 6.07) is 9.50. The zero-order valence-electron chi connectivity index (χ0n) is 18.2. The van der Waals surface area contributed by atoms with E-state index in [0.717, 1.165) is 5.56 Å². The minimum Gasteiger partial charge on any atom is -0.493 e. The number of nitro benzene ring substituents is 1. The lowest BCUT2D eigenvalue weighted by molar-refractivity contribution is -0.384. The summed E-state index contributed by atoms with van der Waals surface area (Å²) in [4.78, 5) is 22.8. The summed E-state index contributed by atoms with van der Waals surface area (Å²) in [6.45, 7) is 4.66. The molecule has 0 fully saturated rings. The SMILES string of the molecule is CCn1c(COc2ccc(C)cc2OC)nnc1SCC(=O)Nc1cc([N+](=O)[O-])ccc1Cl. The smallest absolute Gasteiger partial charge is 0.271 e. The minimum atomic E-state index is -0.555. The van der Waals surface area contributed by atoms with Gasteiger partial charge >= 0.3 is 0 Å². The minimum absolute atomic E-state index is 0.0177. The number of carbonyl (C=O) groups excluding carboxylic acids is 1. The van der Waals surface area contributed by atoms with Crippen molar-refractivity contribution in [3.63, 3.8) is 0 Å². The van der Waals surface area contributed by atoms with E-state index in [1.807, 2.05) is 36.6 Å². The molecule has 1 amide bonds. The maximum Gasteiger partial charge on any atom is 0.271 e. The van der Waals surface area contributed by atoms with Crippen LogP contribution < -0.4 is 14.8 Å². The first-order valence-electron chi connectivity index (χ1n) is 9.88. The molecule has 0 aliphatic heterocycles. The number of aromatic nitrogens is 3. The largest absolute Gasteiger partial charge is 0.493 e. The number of non-ortho nitro benzene ring substituents is 1. The lowest BCUT2D eigenvalue weighted by atomic mass is 10.2. The Hall–Kier alpha value is -3.31. The zero-order valence-corrected chi connectivity index (χ0v) is 19.8. The molecule has 174 valence electrons. The van der Waals surface area contributed by atoms with E-state index >= 15 is 0 Å². The predicted octanol–water partition coefficient (Wildman–Crippen LogP) is 4.49. The van der Waals surface area contributed by atoms with Crippen molar-refractivity contribution in [1.82, 2.24) is 14.8 Å². The quantitative estimate of drug-likeness (QED) is 0.250. The van der Waals surface area contributed by atoms with Gasteiger partial charge in [-0.05, 0) is 37.6 Å². The molecule has 0 unspecified atom stereocenters. The molecule has 0 saturated carbocycles. The lowest BCUT2D eigenvalue weighted by Crippen LogP contribution is -2.15. The zero-order chi connectivity index (χ0) is 24.0. The van der Waals surface area contributed by atoms with Crippen LogP contribution in [-0.4, -0.2) is 38.5 Å². The molecule has 0 spiro atoms. The number of nitrogens with one attached hydrogen (secondary N) is 1. The van der Waals surface area contributed by atoms with E-state index in [0.29, 0.717) is 29.0 Å². The number of nitrogens with zero attached hydrogens (tertiary/aromatic N) is 4. The first-order valence-corrected chi connectivity index (χ1v) is 11.2. The van der Waals surface area contributed by atoms with Gasteiger partial charge in [0.05, 0.1) is 28.5 Å². The van der Waals surface area contributed by atoms with Crippen LogP contribution in [0.1, 0.15) is 18.3 Å². The van der Waals surface area contributed by atoms with Crippen molar-refractivity contribution in [2.75, 3.05) is 18.2 Å².